The van der Waals surface area contributed by atoms with Crippen LogP contribution in [0.2, 0.25) is 0 Å². The van der Waals surface area contributed by atoms with Crippen molar-refractivity contribution in [3.8, 4) is 0 Å². The molecule has 3 aromatic carbocycles. The lowest BCUT2D eigenvalue weighted by atomic mass is 9.94. The molecule has 30 heavy (non-hydrogen) atoms. The van der Waals surface area contributed by atoms with Crippen molar-refractivity contribution in [1.82, 2.24) is 0 Å². The standard InChI is InChI=1S/C24H27N5O/c1-16-6-5-9-18(14-16)28-23(27)21-15-19(10-11-22(21)26)29-24(30)20(12-13-25)17-7-3-2-4-8-17/h2-11,14-15,20H,12-13,25-26H2,1H3,(H2,27,28)(H,29,30). The van der Waals surface area contributed by atoms with Gasteiger partial charge in [0, 0.05) is 16.9 Å². The van der Waals surface area contributed by atoms with Gasteiger partial charge in [-0.25, -0.2) is 4.99 Å². The van der Waals surface area contributed by atoms with Crippen LogP contribution in [-0.4, -0.2) is 18.3 Å². The van der Waals surface area contributed by atoms with Crippen LogP contribution in [0.1, 0.15) is 29.0 Å². The van der Waals surface area contributed by atoms with Crippen molar-refractivity contribution < 1.29 is 4.79 Å². The van der Waals surface area contributed by atoms with E-state index in [1.54, 1.807) is 18.2 Å². The van der Waals surface area contributed by atoms with Crippen LogP contribution in [0, 0.1) is 6.92 Å². The second kappa shape index (κ2) is 9.71. The monoisotopic (exact) mass is 401 g/mol. The molecule has 0 saturated carbocycles. The molecule has 1 amide bonds. The highest BCUT2D eigenvalue weighted by molar-refractivity contribution is 6.05. The second-order valence-corrected chi connectivity index (χ2v) is 7.17. The van der Waals surface area contributed by atoms with Crippen LogP contribution in [0.5, 0.6) is 0 Å². The first-order valence-electron chi connectivity index (χ1n) is 9.84. The van der Waals surface area contributed by atoms with Crippen LogP contribution in [0.4, 0.5) is 17.1 Å². The number of nitrogens with zero attached hydrogens (tertiary/aromatic N) is 1. The summed E-state index contributed by atoms with van der Waals surface area (Å²) in [5.41, 5.74) is 22.5. The summed E-state index contributed by atoms with van der Waals surface area (Å²) in [6, 6.07) is 22.5. The third-order valence-corrected chi connectivity index (χ3v) is 4.82. The molecule has 0 radical (unpaired) electrons. The van der Waals surface area contributed by atoms with Gasteiger partial charge in [-0.1, -0.05) is 42.5 Å². The summed E-state index contributed by atoms with van der Waals surface area (Å²) >= 11 is 0. The van der Waals surface area contributed by atoms with E-state index in [-0.39, 0.29) is 17.7 Å². The van der Waals surface area contributed by atoms with E-state index >= 15 is 0 Å². The molecule has 1 atom stereocenters. The first-order chi connectivity index (χ1) is 14.5. The lowest BCUT2D eigenvalue weighted by Crippen LogP contribution is -2.24. The topological polar surface area (TPSA) is 120 Å². The fraction of sp³-hybridized carbons (Fsp3) is 0.167. The molecule has 154 valence electrons. The van der Waals surface area contributed by atoms with Gasteiger partial charge in [0.2, 0.25) is 5.91 Å². The zero-order chi connectivity index (χ0) is 21.5. The van der Waals surface area contributed by atoms with Crippen LogP contribution in [0.15, 0.2) is 77.8 Å². The van der Waals surface area contributed by atoms with Gasteiger partial charge in [0.05, 0.1) is 11.6 Å². The van der Waals surface area contributed by atoms with E-state index < -0.39 is 0 Å². The highest BCUT2D eigenvalue weighted by Gasteiger charge is 2.20. The molecule has 7 N–H and O–H groups in total. The summed E-state index contributed by atoms with van der Waals surface area (Å²) in [6.45, 7) is 2.40. The molecule has 0 aromatic heterocycles. The van der Waals surface area contributed by atoms with Crippen molar-refractivity contribution in [2.24, 2.45) is 16.5 Å². The molecule has 0 fully saturated rings. The van der Waals surface area contributed by atoms with Gasteiger partial charge in [-0.3, -0.25) is 4.79 Å². The van der Waals surface area contributed by atoms with Crippen molar-refractivity contribution in [2.75, 3.05) is 17.6 Å². The number of benzene rings is 3. The number of aryl methyl sites for hydroxylation is 1. The lowest BCUT2D eigenvalue weighted by molar-refractivity contribution is -0.117. The number of aliphatic imine (C=N–C) groups is 1. The van der Waals surface area contributed by atoms with Gasteiger partial charge in [0.25, 0.3) is 0 Å². The Bertz CT molecular complexity index is 1050. The Morgan fingerprint density at radius 3 is 2.50 bits per heavy atom. The highest BCUT2D eigenvalue weighted by Crippen LogP contribution is 2.24. The number of nitrogen functional groups attached to an aromatic ring is 1. The van der Waals surface area contributed by atoms with Crippen molar-refractivity contribution in [3.63, 3.8) is 0 Å². The molecule has 6 nitrogen and oxygen atoms in total. The summed E-state index contributed by atoms with van der Waals surface area (Å²) in [4.78, 5) is 17.4. The van der Waals surface area contributed by atoms with E-state index in [1.807, 2.05) is 61.5 Å². The molecule has 1 unspecified atom stereocenters. The lowest BCUT2D eigenvalue weighted by Gasteiger charge is -2.17. The predicted molar refractivity (Wildman–Crippen MR) is 124 cm³/mol. The zero-order valence-electron chi connectivity index (χ0n) is 17.0. The fourth-order valence-corrected chi connectivity index (χ4v) is 3.28. The Hall–Kier alpha value is -3.64. The van der Waals surface area contributed by atoms with Crippen LogP contribution in [0.25, 0.3) is 0 Å². The molecule has 3 aromatic rings. The van der Waals surface area contributed by atoms with E-state index in [9.17, 15) is 4.79 Å². The number of nitrogens with one attached hydrogen (secondary N) is 1. The van der Waals surface area contributed by atoms with Crippen LogP contribution >= 0.6 is 0 Å². The van der Waals surface area contributed by atoms with Gasteiger partial charge >= 0.3 is 0 Å². The number of carbonyl (C=O) groups is 1. The van der Waals surface area contributed by atoms with Gasteiger partial charge in [-0.05, 0) is 61.3 Å². The summed E-state index contributed by atoms with van der Waals surface area (Å²) in [7, 11) is 0. The van der Waals surface area contributed by atoms with Crippen molar-refractivity contribution in [1.29, 1.82) is 0 Å². The Balaban J connectivity index is 1.84. The van der Waals surface area contributed by atoms with E-state index in [4.69, 9.17) is 17.2 Å². The molecule has 0 bridgehead atoms. The maximum Gasteiger partial charge on any atom is 0.231 e. The largest absolute Gasteiger partial charge is 0.398 e. The normalized spacial score (nSPS) is 12.4. The zero-order valence-corrected chi connectivity index (χ0v) is 17.0. The van der Waals surface area contributed by atoms with E-state index in [0.717, 1.165) is 16.8 Å². The smallest absolute Gasteiger partial charge is 0.231 e. The minimum Gasteiger partial charge on any atom is -0.398 e. The number of amides is 1. The van der Waals surface area contributed by atoms with Gasteiger partial charge in [0.15, 0.2) is 0 Å². The number of anilines is 2. The Morgan fingerprint density at radius 2 is 1.80 bits per heavy atom. The molecule has 0 heterocycles. The second-order valence-electron chi connectivity index (χ2n) is 7.17. The fourth-order valence-electron chi connectivity index (χ4n) is 3.28. The number of hydrogen-bond donors (Lipinski definition) is 4. The van der Waals surface area contributed by atoms with E-state index in [0.29, 0.717) is 29.9 Å². The predicted octanol–water partition coefficient (Wildman–Crippen LogP) is 3.69. The summed E-state index contributed by atoms with van der Waals surface area (Å²) in [5, 5.41) is 2.96. The number of nitrogens with two attached hydrogens (primary N) is 3. The molecular formula is C24H27N5O. The Labute approximate surface area is 176 Å². The minimum absolute atomic E-state index is 0.128. The van der Waals surface area contributed by atoms with Crippen LogP contribution < -0.4 is 22.5 Å². The third-order valence-electron chi connectivity index (χ3n) is 4.82. The molecule has 0 aliphatic heterocycles. The Kier molecular flexibility index (Phi) is 6.83. The molecular weight excluding hydrogens is 374 g/mol. The third kappa shape index (κ3) is 5.24. The molecule has 3 rings (SSSR count). The Morgan fingerprint density at radius 1 is 1.03 bits per heavy atom. The highest BCUT2D eigenvalue weighted by atomic mass is 16.1. The van der Waals surface area contributed by atoms with Gasteiger partial charge in [-0.2, -0.15) is 0 Å². The van der Waals surface area contributed by atoms with Crippen molar-refractivity contribution >= 4 is 28.8 Å². The van der Waals surface area contributed by atoms with E-state index in [1.165, 1.54) is 0 Å². The number of carbonyl (C=O) groups excluding carboxylic acids is 1. The summed E-state index contributed by atoms with van der Waals surface area (Å²) in [6.07, 6.45) is 0.550. The first-order valence-corrected chi connectivity index (χ1v) is 9.84. The summed E-state index contributed by atoms with van der Waals surface area (Å²) in [5.74, 6) is -0.178. The van der Waals surface area contributed by atoms with Crippen LogP contribution in [0.3, 0.4) is 0 Å². The van der Waals surface area contributed by atoms with Crippen molar-refractivity contribution in [2.45, 2.75) is 19.3 Å². The van der Waals surface area contributed by atoms with Gasteiger partial charge in [0.1, 0.15) is 5.84 Å². The minimum atomic E-state index is -0.337. The SMILES string of the molecule is Cc1cccc(N=C(N)c2cc(NC(=O)C(CCN)c3ccccc3)ccc2N)c1. The molecule has 0 spiro atoms. The van der Waals surface area contributed by atoms with Crippen LogP contribution in [-0.2, 0) is 4.79 Å². The average molecular weight is 402 g/mol. The maximum absolute atomic E-state index is 12.9. The number of rotatable bonds is 7. The van der Waals surface area contributed by atoms with E-state index in [2.05, 4.69) is 10.3 Å². The maximum atomic E-state index is 12.9. The molecule has 0 aliphatic rings. The van der Waals surface area contributed by atoms with Crippen molar-refractivity contribution in [3.05, 3.63) is 89.5 Å². The summed E-state index contributed by atoms with van der Waals surface area (Å²) < 4.78 is 0. The molecule has 0 aliphatic carbocycles. The van der Waals surface area contributed by atoms with Gasteiger partial charge < -0.3 is 22.5 Å². The number of amidine groups is 1. The number of hydrogen-bond acceptors (Lipinski definition) is 4. The molecule has 0 saturated heterocycles. The first kappa shape index (κ1) is 21.1. The molecule has 6 heteroatoms. The average Bonchev–Trinajstić information content (AvgIpc) is 2.74. The van der Waals surface area contributed by atoms with Gasteiger partial charge in [-0.15, -0.1) is 0 Å². The quantitative estimate of drug-likeness (QED) is 0.274.